The molecule has 0 atom stereocenters. The van der Waals surface area contributed by atoms with Gasteiger partial charge in [-0.15, -0.1) is 0 Å². The van der Waals surface area contributed by atoms with E-state index in [0.29, 0.717) is 23.5 Å². The lowest BCUT2D eigenvalue weighted by atomic mass is 10.1. The molecule has 5 heteroatoms. The molecule has 0 bridgehead atoms. The van der Waals surface area contributed by atoms with Crippen molar-refractivity contribution in [2.75, 3.05) is 12.9 Å². The Morgan fingerprint density at radius 2 is 2.31 bits per heavy atom. The van der Waals surface area contributed by atoms with Crippen LogP contribution in [0.2, 0.25) is 0 Å². The van der Waals surface area contributed by atoms with Crippen LogP contribution in [0.5, 0.6) is 5.75 Å². The molecule has 1 aromatic rings. The standard InChI is InChI=1S/C11H11NO3S/c1-15-10-6-5-9(4-2-3-7-16)11(8-10)12(13)14/h5-6,8,16H,3,7H2,1H3. The zero-order chi connectivity index (χ0) is 12.0. The number of nitro benzene ring substituents is 1. The van der Waals surface area contributed by atoms with E-state index < -0.39 is 4.92 Å². The Balaban J connectivity index is 3.09. The molecule has 0 spiro atoms. The van der Waals surface area contributed by atoms with Crippen LogP contribution < -0.4 is 4.74 Å². The average Bonchev–Trinajstić information content (AvgIpc) is 2.29. The largest absolute Gasteiger partial charge is 0.497 e. The lowest BCUT2D eigenvalue weighted by Crippen LogP contribution is -1.93. The van der Waals surface area contributed by atoms with Crippen molar-refractivity contribution in [1.29, 1.82) is 0 Å². The lowest BCUT2D eigenvalue weighted by Gasteiger charge is -2.00. The predicted octanol–water partition coefficient (Wildman–Crippen LogP) is 2.27. The maximum atomic E-state index is 10.8. The van der Waals surface area contributed by atoms with Crippen LogP contribution in [-0.2, 0) is 0 Å². The van der Waals surface area contributed by atoms with Gasteiger partial charge in [-0.05, 0) is 12.1 Å². The number of nitro groups is 1. The van der Waals surface area contributed by atoms with Crippen molar-refractivity contribution < 1.29 is 9.66 Å². The molecule has 0 saturated carbocycles. The second-order valence-corrected chi connectivity index (χ2v) is 3.36. The quantitative estimate of drug-likeness (QED) is 0.380. The molecular formula is C11H11NO3S. The fourth-order valence-electron chi connectivity index (χ4n) is 1.11. The Morgan fingerprint density at radius 1 is 1.56 bits per heavy atom. The number of ether oxygens (including phenoxy) is 1. The summed E-state index contributed by atoms with van der Waals surface area (Å²) >= 11 is 4.01. The Bertz CT molecular complexity index is 448. The van der Waals surface area contributed by atoms with Crippen LogP contribution in [-0.4, -0.2) is 17.8 Å². The van der Waals surface area contributed by atoms with Gasteiger partial charge in [-0.2, -0.15) is 12.6 Å². The summed E-state index contributed by atoms with van der Waals surface area (Å²) in [6.45, 7) is 0. The lowest BCUT2D eigenvalue weighted by molar-refractivity contribution is -0.385. The fraction of sp³-hybridized carbons (Fsp3) is 0.273. The van der Waals surface area contributed by atoms with Gasteiger partial charge in [0.15, 0.2) is 0 Å². The van der Waals surface area contributed by atoms with Crippen LogP contribution >= 0.6 is 12.6 Å². The first-order valence-corrected chi connectivity index (χ1v) is 5.24. The number of hydrogen-bond acceptors (Lipinski definition) is 4. The van der Waals surface area contributed by atoms with Gasteiger partial charge in [0.2, 0.25) is 0 Å². The van der Waals surface area contributed by atoms with Crippen LogP contribution in [0.1, 0.15) is 12.0 Å². The van der Waals surface area contributed by atoms with E-state index in [0.717, 1.165) is 0 Å². The topological polar surface area (TPSA) is 52.4 Å². The maximum absolute atomic E-state index is 10.8. The second kappa shape index (κ2) is 6.03. The summed E-state index contributed by atoms with van der Waals surface area (Å²) < 4.78 is 4.92. The number of hydrogen-bond donors (Lipinski definition) is 1. The monoisotopic (exact) mass is 237 g/mol. The minimum Gasteiger partial charge on any atom is -0.497 e. The third kappa shape index (κ3) is 3.17. The van der Waals surface area contributed by atoms with Crippen LogP contribution in [0.3, 0.4) is 0 Å². The molecule has 0 N–H and O–H groups in total. The number of benzene rings is 1. The van der Waals surface area contributed by atoms with Crippen molar-refractivity contribution in [1.82, 2.24) is 0 Å². The van der Waals surface area contributed by atoms with Crippen molar-refractivity contribution in [3.05, 3.63) is 33.9 Å². The van der Waals surface area contributed by atoms with Crippen LogP contribution in [0.15, 0.2) is 18.2 Å². The zero-order valence-electron chi connectivity index (χ0n) is 8.77. The first-order chi connectivity index (χ1) is 7.69. The highest BCUT2D eigenvalue weighted by Crippen LogP contribution is 2.23. The number of rotatable bonds is 3. The highest BCUT2D eigenvalue weighted by Gasteiger charge is 2.12. The summed E-state index contributed by atoms with van der Waals surface area (Å²) in [6, 6.07) is 4.60. The molecule has 0 heterocycles. The molecule has 84 valence electrons. The molecule has 16 heavy (non-hydrogen) atoms. The van der Waals surface area contributed by atoms with Crippen molar-refractivity contribution in [2.24, 2.45) is 0 Å². The highest BCUT2D eigenvalue weighted by atomic mass is 32.1. The van der Waals surface area contributed by atoms with E-state index in [2.05, 4.69) is 24.5 Å². The van der Waals surface area contributed by atoms with Gasteiger partial charge in [-0.3, -0.25) is 10.1 Å². The molecule has 0 aromatic heterocycles. The molecule has 0 aliphatic carbocycles. The Hall–Kier alpha value is -1.67. The fourth-order valence-corrected chi connectivity index (χ4v) is 1.22. The Kier molecular flexibility index (Phi) is 4.67. The van der Waals surface area contributed by atoms with Gasteiger partial charge in [0.1, 0.15) is 11.3 Å². The summed E-state index contributed by atoms with van der Waals surface area (Å²) in [4.78, 5) is 10.3. The summed E-state index contributed by atoms with van der Waals surface area (Å²) in [7, 11) is 1.46. The van der Waals surface area contributed by atoms with E-state index in [4.69, 9.17) is 4.74 Å². The SMILES string of the molecule is COc1ccc(C#CCCS)c([N+](=O)[O-])c1. The van der Waals surface area contributed by atoms with E-state index in [9.17, 15) is 10.1 Å². The molecular weight excluding hydrogens is 226 g/mol. The number of nitrogens with zero attached hydrogens (tertiary/aromatic N) is 1. The molecule has 0 aliphatic rings. The molecule has 0 aliphatic heterocycles. The van der Waals surface area contributed by atoms with Gasteiger partial charge in [-0.25, -0.2) is 0 Å². The van der Waals surface area contributed by atoms with Gasteiger partial charge in [-0.1, -0.05) is 11.8 Å². The molecule has 1 rings (SSSR count). The molecule has 1 aromatic carbocycles. The zero-order valence-corrected chi connectivity index (χ0v) is 9.66. The summed E-state index contributed by atoms with van der Waals surface area (Å²) in [5.41, 5.74) is 0.360. The summed E-state index contributed by atoms with van der Waals surface area (Å²) in [5.74, 6) is 6.65. The van der Waals surface area contributed by atoms with Crippen LogP contribution in [0.4, 0.5) is 5.69 Å². The van der Waals surface area contributed by atoms with E-state index >= 15 is 0 Å². The number of methoxy groups -OCH3 is 1. The van der Waals surface area contributed by atoms with Crippen molar-refractivity contribution in [3.8, 4) is 17.6 Å². The van der Waals surface area contributed by atoms with Crippen LogP contribution in [0, 0.1) is 22.0 Å². The minimum absolute atomic E-state index is 0.0361. The molecule has 0 saturated heterocycles. The summed E-state index contributed by atoms with van der Waals surface area (Å²) in [6.07, 6.45) is 0.603. The van der Waals surface area contributed by atoms with E-state index in [1.54, 1.807) is 12.1 Å². The maximum Gasteiger partial charge on any atom is 0.288 e. The third-order valence-electron chi connectivity index (χ3n) is 1.86. The molecule has 0 unspecified atom stereocenters. The van der Waals surface area contributed by atoms with Gasteiger partial charge < -0.3 is 4.74 Å². The summed E-state index contributed by atoms with van der Waals surface area (Å²) in [5, 5.41) is 10.8. The predicted molar refractivity (Wildman–Crippen MR) is 65.0 cm³/mol. The van der Waals surface area contributed by atoms with Crippen LogP contribution in [0.25, 0.3) is 0 Å². The second-order valence-electron chi connectivity index (χ2n) is 2.92. The molecule has 4 nitrogen and oxygen atoms in total. The Morgan fingerprint density at radius 3 is 2.88 bits per heavy atom. The Labute approximate surface area is 99.2 Å². The van der Waals surface area contributed by atoms with Crippen molar-refractivity contribution in [3.63, 3.8) is 0 Å². The number of thiol groups is 1. The minimum atomic E-state index is -0.465. The molecule has 0 fully saturated rings. The first-order valence-electron chi connectivity index (χ1n) is 4.61. The van der Waals surface area contributed by atoms with E-state index in [-0.39, 0.29) is 5.69 Å². The third-order valence-corrected chi connectivity index (χ3v) is 2.09. The van der Waals surface area contributed by atoms with Gasteiger partial charge in [0, 0.05) is 12.2 Å². The molecule has 0 radical (unpaired) electrons. The molecule has 0 amide bonds. The van der Waals surface area contributed by atoms with Gasteiger partial charge >= 0.3 is 0 Å². The van der Waals surface area contributed by atoms with E-state index in [1.165, 1.54) is 13.2 Å². The first kappa shape index (κ1) is 12.4. The van der Waals surface area contributed by atoms with Gasteiger partial charge in [0.05, 0.1) is 18.1 Å². The van der Waals surface area contributed by atoms with Crippen molar-refractivity contribution >= 4 is 18.3 Å². The smallest absolute Gasteiger partial charge is 0.288 e. The highest BCUT2D eigenvalue weighted by molar-refractivity contribution is 7.80. The van der Waals surface area contributed by atoms with E-state index in [1.807, 2.05) is 0 Å². The van der Waals surface area contributed by atoms with Crippen molar-refractivity contribution in [2.45, 2.75) is 6.42 Å². The normalized spacial score (nSPS) is 9.12. The van der Waals surface area contributed by atoms with Gasteiger partial charge in [0.25, 0.3) is 5.69 Å². The average molecular weight is 237 g/mol.